The molecule has 1 heteroatoms. The Labute approximate surface area is 402 Å². The predicted molar refractivity (Wildman–Crippen MR) is 296 cm³/mol. The Bertz CT molecular complexity index is 4040. The molecule has 1 nitrogen and oxygen atoms in total. The summed E-state index contributed by atoms with van der Waals surface area (Å²) in [5.74, 6) is 0. The van der Waals surface area contributed by atoms with Crippen LogP contribution in [0.15, 0.2) is 273 Å². The Hall–Kier alpha value is -9.04. The van der Waals surface area contributed by atoms with Crippen LogP contribution in [-0.2, 0) is 0 Å². The van der Waals surface area contributed by atoms with E-state index >= 15 is 0 Å². The van der Waals surface area contributed by atoms with Gasteiger partial charge in [-0.05, 0) is 146 Å². The van der Waals surface area contributed by atoms with Crippen LogP contribution in [0.1, 0.15) is 0 Å². The number of fused-ring (bicyclic) bond motifs is 7. The maximum atomic E-state index is 2.43. The molecule has 0 spiro atoms. The Morgan fingerprint density at radius 1 is 0.203 bits per heavy atom. The summed E-state index contributed by atoms with van der Waals surface area (Å²) in [5.41, 5.74) is 15.3. The second-order valence-electron chi connectivity index (χ2n) is 18.0. The van der Waals surface area contributed by atoms with Gasteiger partial charge in [0.15, 0.2) is 0 Å². The lowest BCUT2D eigenvalue weighted by Crippen LogP contribution is -2.11. The van der Waals surface area contributed by atoms with E-state index in [1.165, 1.54) is 98.4 Å². The average molecular weight is 876 g/mol. The van der Waals surface area contributed by atoms with Gasteiger partial charge in [-0.15, -0.1) is 0 Å². The number of rotatable bonds is 8. The monoisotopic (exact) mass is 875 g/mol. The molecule has 0 fully saturated rings. The van der Waals surface area contributed by atoms with Crippen molar-refractivity contribution in [3.05, 3.63) is 273 Å². The van der Waals surface area contributed by atoms with E-state index in [9.17, 15) is 0 Å². The van der Waals surface area contributed by atoms with Gasteiger partial charge < -0.3 is 4.90 Å². The molecule has 322 valence electrons. The molecule has 13 aromatic rings. The molecule has 0 N–H and O–H groups in total. The van der Waals surface area contributed by atoms with Crippen molar-refractivity contribution in [1.29, 1.82) is 0 Å². The van der Waals surface area contributed by atoms with Gasteiger partial charge in [0.2, 0.25) is 0 Å². The fourth-order valence-corrected chi connectivity index (χ4v) is 10.8. The molecule has 0 aliphatic rings. The van der Waals surface area contributed by atoms with E-state index in [4.69, 9.17) is 0 Å². The van der Waals surface area contributed by atoms with Crippen molar-refractivity contribution in [2.24, 2.45) is 0 Å². The van der Waals surface area contributed by atoms with Crippen molar-refractivity contribution in [2.45, 2.75) is 0 Å². The van der Waals surface area contributed by atoms with E-state index in [0.29, 0.717) is 0 Å². The molecule has 0 heterocycles. The lowest BCUT2D eigenvalue weighted by atomic mass is 9.84. The molecule has 0 saturated carbocycles. The Balaban J connectivity index is 0.992. The van der Waals surface area contributed by atoms with Crippen molar-refractivity contribution in [1.82, 2.24) is 0 Å². The lowest BCUT2D eigenvalue weighted by Gasteiger charge is -2.28. The Kier molecular flexibility index (Phi) is 9.91. The zero-order valence-electron chi connectivity index (χ0n) is 37.9. The van der Waals surface area contributed by atoms with Crippen LogP contribution in [0.25, 0.3) is 109 Å². The number of anilines is 3. The van der Waals surface area contributed by atoms with Crippen molar-refractivity contribution < 1.29 is 0 Å². The number of para-hydroxylation sites is 1. The van der Waals surface area contributed by atoms with Crippen molar-refractivity contribution >= 4 is 70.9 Å². The molecule has 13 rings (SSSR count). The van der Waals surface area contributed by atoms with Crippen LogP contribution in [-0.4, -0.2) is 0 Å². The van der Waals surface area contributed by atoms with Crippen LogP contribution in [0.4, 0.5) is 17.1 Å². The predicted octanol–water partition coefficient (Wildman–Crippen LogP) is 19.3. The third kappa shape index (κ3) is 7.12. The topological polar surface area (TPSA) is 3.24 Å². The summed E-state index contributed by atoms with van der Waals surface area (Å²) >= 11 is 0. The fourth-order valence-electron chi connectivity index (χ4n) is 10.8. The highest BCUT2D eigenvalue weighted by Crippen LogP contribution is 2.48. The second-order valence-corrected chi connectivity index (χ2v) is 18.0. The third-order valence-electron chi connectivity index (χ3n) is 14.0. The zero-order valence-corrected chi connectivity index (χ0v) is 37.9. The lowest BCUT2D eigenvalue weighted by molar-refractivity contribution is 1.28. The van der Waals surface area contributed by atoms with E-state index < -0.39 is 0 Å². The first-order chi connectivity index (χ1) is 34.2. The van der Waals surface area contributed by atoms with Crippen molar-refractivity contribution in [3.63, 3.8) is 0 Å². The highest BCUT2D eigenvalue weighted by molar-refractivity contribution is 6.22. The summed E-state index contributed by atoms with van der Waals surface area (Å²) in [6, 6.07) is 100. The smallest absolute Gasteiger partial charge is 0.0540 e. The zero-order chi connectivity index (χ0) is 45.7. The summed E-state index contributed by atoms with van der Waals surface area (Å²) < 4.78 is 0. The molecule has 0 saturated heterocycles. The largest absolute Gasteiger partial charge is 0.310 e. The summed E-state index contributed by atoms with van der Waals surface area (Å²) in [6.45, 7) is 0. The van der Waals surface area contributed by atoms with Crippen LogP contribution < -0.4 is 4.90 Å². The van der Waals surface area contributed by atoms with E-state index in [2.05, 4.69) is 278 Å². The molecule has 69 heavy (non-hydrogen) atoms. The quantitative estimate of drug-likeness (QED) is 0.138. The molecule has 13 aromatic carbocycles. The minimum absolute atomic E-state index is 1.08. The van der Waals surface area contributed by atoms with Crippen LogP contribution in [0, 0.1) is 0 Å². The number of benzene rings is 13. The molecule has 0 aliphatic heterocycles. The van der Waals surface area contributed by atoms with Gasteiger partial charge in [0, 0.05) is 16.9 Å². The third-order valence-corrected chi connectivity index (χ3v) is 14.0. The van der Waals surface area contributed by atoms with Crippen LogP contribution in [0.5, 0.6) is 0 Å². The molecular weight excluding hydrogens is 831 g/mol. The summed E-state index contributed by atoms with van der Waals surface area (Å²) in [5, 5.41) is 12.5. The van der Waals surface area contributed by atoms with Crippen LogP contribution in [0.3, 0.4) is 0 Å². The minimum atomic E-state index is 1.08. The minimum Gasteiger partial charge on any atom is -0.310 e. The molecule has 0 unspecified atom stereocenters. The second kappa shape index (κ2) is 17.0. The van der Waals surface area contributed by atoms with Gasteiger partial charge in [-0.3, -0.25) is 0 Å². The van der Waals surface area contributed by atoms with Gasteiger partial charge in [-0.1, -0.05) is 231 Å². The van der Waals surface area contributed by atoms with Crippen molar-refractivity contribution in [2.75, 3.05) is 4.90 Å². The normalized spacial score (nSPS) is 11.5. The maximum absolute atomic E-state index is 2.43. The SMILES string of the molecule is c1ccc(-c2c(-c3ccccc3)c3cc(-c4ccccc4N(c4ccc(-c5ccc6ccccc6c5)cc4)c4ccc(-c5cccc6c5ccc5ccccc56)cc4)ccc3c3ccccc23)cc1. The standard InChI is InChI=1S/C68H45N/c1-3-18-50(19-4-1)67-64-26-12-11-25-61(64)63-43-37-54(45-65(63)68(67)51-20-5-2-6-21-51)59-24-13-14-29-66(59)69(55-38-32-47(33-39-55)53-31-30-46-16-7-8-22-52(46)44-53)56-40-34-49(35-41-56)58-27-15-28-60-57-23-10-9-17-48(57)36-42-62(58)60/h1-45H. The number of hydrogen-bond acceptors (Lipinski definition) is 1. The van der Waals surface area contributed by atoms with Crippen LogP contribution >= 0.6 is 0 Å². The van der Waals surface area contributed by atoms with E-state index in [1.54, 1.807) is 0 Å². The van der Waals surface area contributed by atoms with E-state index in [1.807, 2.05) is 0 Å². The molecule has 0 aliphatic carbocycles. The number of hydrogen-bond donors (Lipinski definition) is 0. The van der Waals surface area contributed by atoms with Gasteiger partial charge in [0.05, 0.1) is 5.69 Å². The van der Waals surface area contributed by atoms with E-state index in [-0.39, 0.29) is 0 Å². The van der Waals surface area contributed by atoms with Gasteiger partial charge >= 0.3 is 0 Å². The van der Waals surface area contributed by atoms with Gasteiger partial charge in [0.25, 0.3) is 0 Å². The fraction of sp³-hybridized carbons (Fsp3) is 0. The van der Waals surface area contributed by atoms with Crippen LogP contribution in [0.2, 0.25) is 0 Å². The first-order valence-corrected chi connectivity index (χ1v) is 23.8. The van der Waals surface area contributed by atoms with Gasteiger partial charge in [0.1, 0.15) is 0 Å². The molecular formula is C68H45N. The van der Waals surface area contributed by atoms with Crippen molar-refractivity contribution in [3.8, 4) is 55.6 Å². The van der Waals surface area contributed by atoms with Gasteiger partial charge in [-0.25, -0.2) is 0 Å². The molecule has 0 radical (unpaired) electrons. The molecule has 0 amide bonds. The summed E-state index contributed by atoms with van der Waals surface area (Å²) in [6.07, 6.45) is 0. The average Bonchev–Trinajstić information content (AvgIpc) is 3.43. The molecule has 0 bridgehead atoms. The number of nitrogens with zero attached hydrogens (tertiary/aromatic N) is 1. The summed E-state index contributed by atoms with van der Waals surface area (Å²) in [4.78, 5) is 2.43. The summed E-state index contributed by atoms with van der Waals surface area (Å²) in [7, 11) is 0. The molecule has 0 aromatic heterocycles. The Morgan fingerprint density at radius 3 is 1.42 bits per heavy atom. The molecule has 0 atom stereocenters. The van der Waals surface area contributed by atoms with Gasteiger partial charge in [-0.2, -0.15) is 0 Å². The highest BCUT2D eigenvalue weighted by Gasteiger charge is 2.21. The first kappa shape index (κ1) is 40.3. The Morgan fingerprint density at radius 2 is 0.681 bits per heavy atom. The highest BCUT2D eigenvalue weighted by atomic mass is 15.1. The maximum Gasteiger partial charge on any atom is 0.0540 e. The first-order valence-electron chi connectivity index (χ1n) is 23.8. The van der Waals surface area contributed by atoms with E-state index in [0.717, 1.165) is 28.2 Å².